The molecule has 0 aliphatic heterocycles. The molecule has 0 unspecified atom stereocenters. The van der Waals surface area contributed by atoms with E-state index >= 15 is 0 Å². The summed E-state index contributed by atoms with van der Waals surface area (Å²) in [5.41, 5.74) is 4.17. The number of nitrogen functional groups attached to an aromatic ring is 1. The van der Waals surface area contributed by atoms with Crippen LogP contribution in [0.3, 0.4) is 0 Å². The second-order valence-electron chi connectivity index (χ2n) is 3.98. The van der Waals surface area contributed by atoms with Crippen LogP contribution in [0.15, 0.2) is 18.2 Å². The quantitative estimate of drug-likeness (QED) is 0.278. The number of phenolic OH excluding ortho intramolecular Hbond substituents is 1. The van der Waals surface area contributed by atoms with E-state index in [2.05, 4.69) is 5.32 Å². The van der Waals surface area contributed by atoms with Gasteiger partial charge in [0, 0.05) is 5.69 Å². The number of rotatable bonds is 5. The summed E-state index contributed by atoms with van der Waals surface area (Å²) < 4.78 is 0. The fraction of sp³-hybridized carbons (Fsp3) is 0.364. The maximum Gasteiger partial charge on any atom is 0.254 e. The van der Waals surface area contributed by atoms with Gasteiger partial charge in [-0.3, -0.25) is 4.79 Å². The molecular weight excluding hydrogens is 240 g/mol. The Morgan fingerprint density at radius 2 is 1.78 bits per heavy atom. The van der Waals surface area contributed by atoms with Crippen molar-refractivity contribution in [2.24, 2.45) is 0 Å². The Bertz CT molecular complexity index is 423. The van der Waals surface area contributed by atoms with Gasteiger partial charge in [0.1, 0.15) is 11.3 Å². The molecule has 1 amide bonds. The van der Waals surface area contributed by atoms with Gasteiger partial charge < -0.3 is 31.5 Å². The van der Waals surface area contributed by atoms with Crippen molar-refractivity contribution in [2.75, 3.05) is 25.6 Å². The fourth-order valence-electron chi connectivity index (χ4n) is 1.32. The van der Waals surface area contributed by atoms with Crippen LogP contribution in [0, 0.1) is 0 Å². The van der Waals surface area contributed by atoms with Crippen molar-refractivity contribution in [1.82, 2.24) is 5.32 Å². The summed E-state index contributed by atoms with van der Waals surface area (Å²) in [5, 5.41) is 38.8. The second-order valence-corrected chi connectivity index (χ2v) is 3.98. The van der Waals surface area contributed by atoms with Gasteiger partial charge in [-0.2, -0.15) is 0 Å². The minimum Gasteiger partial charge on any atom is -0.508 e. The molecular formula is C11H16N2O5. The zero-order valence-electron chi connectivity index (χ0n) is 9.63. The Labute approximate surface area is 103 Å². The maximum absolute atomic E-state index is 11.9. The molecule has 18 heavy (non-hydrogen) atoms. The first-order valence-electron chi connectivity index (χ1n) is 5.21. The molecule has 0 radical (unpaired) electrons. The molecule has 1 rings (SSSR count). The number of nitrogens with one attached hydrogen (secondary N) is 1. The Hall–Kier alpha value is -1.83. The van der Waals surface area contributed by atoms with Crippen LogP contribution in [0.1, 0.15) is 10.4 Å². The van der Waals surface area contributed by atoms with E-state index in [-0.39, 0.29) is 17.0 Å². The van der Waals surface area contributed by atoms with Crippen LogP contribution in [0.5, 0.6) is 5.75 Å². The summed E-state index contributed by atoms with van der Waals surface area (Å²) in [7, 11) is 0. The summed E-state index contributed by atoms with van der Waals surface area (Å²) in [6.07, 6.45) is 0. The number of aliphatic hydroxyl groups excluding tert-OH is 3. The van der Waals surface area contributed by atoms with Crippen LogP contribution in [-0.4, -0.2) is 51.7 Å². The van der Waals surface area contributed by atoms with Crippen LogP contribution < -0.4 is 11.1 Å². The van der Waals surface area contributed by atoms with Gasteiger partial charge in [-0.15, -0.1) is 0 Å². The molecule has 7 nitrogen and oxygen atoms in total. The highest BCUT2D eigenvalue weighted by atomic mass is 16.3. The molecule has 0 aromatic heterocycles. The number of aromatic hydroxyl groups is 1. The molecule has 0 saturated heterocycles. The average Bonchev–Trinajstić information content (AvgIpc) is 2.38. The minimum absolute atomic E-state index is 0.00488. The van der Waals surface area contributed by atoms with Gasteiger partial charge in [0.05, 0.1) is 25.4 Å². The van der Waals surface area contributed by atoms with Crippen LogP contribution >= 0.6 is 0 Å². The zero-order valence-corrected chi connectivity index (χ0v) is 9.63. The van der Waals surface area contributed by atoms with E-state index in [4.69, 9.17) is 21.1 Å². The molecule has 0 spiro atoms. The van der Waals surface area contributed by atoms with Crippen molar-refractivity contribution in [3.8, 4) is 5.75 Å². The molecule has 0 aliphatic rings. The third-order valence-corrected chi connectivity index (χ3v) is 2.57. The largest absolute Gasteiger partial charge is 0.508 e. The SMILES string of the molecule is Nc1ccc(O)cc1C(=O)NC(CO)(CO)CO. The Balaban J connectivity index is 2.97. The molecule has 0 heterocycles. The minimum atomic E-state index is -1.53. The van der Waals surface area contributed by atoms with Crippen molar-refractivity contribution >= 4 is 11.6 Å². The first-order valence-corrected chi connectivity index (χ1v) is 5.21. The number of phenols is 1. The number of anilines is 1. The summed E-state index contributed by atoms with van der Waals surface area (Å²) in [6, 6.07) is 3.83. The monoisotopic (exact) mass is 256 g/mol. The van der Waals surface area contributed by atoms with E-state index in [0.29, 0.717) is 0 Å². The predicted molar refractivity (Wildman–Crippen MR) is 64.0 cm³/mol. The molecule has 0 bridgehead atoms. The number of nitrogens with two attached hydrogens (primary N) is 1. The summed E-state index contributed by atoms with van der Waals surface area (Å²) >= 11 is 0. The van der Waals surface area contributed by atoms with Gasteiger partial charge in [-0.25, -0.2) is 0 Å². The second kappa shape index (κ2) is 5.67. The fourth-order valence-corrected chi connectivity index (χ4v) is 1.32. The molecule has 1 aromatic rings. The lowest BCUT2D eigenvalue weighted by atomic mass is 10.0. The van der Waals surface area contributed by atoms with E-state index < -0.39 is 31.3 Å². The van der Waals surface area contributed by atoms with E-state index in [1.54, 1.807) is 0 Å². The molecule has 0 saturated carbocycles. The normalized spacial score (nSPS) is 11.3. The topological polar surface area (TPSA) is 136 Å². The van der Waals surface area contributed by atoms with Crippen molar-refractivity contribution in [3.05, 3.63) is 23.8 Å². The third kappa shape index (κ3) is 2.89. The van der Waals surface area contributed by atoms with Gasteiger partial charge in [0.15, 0.2) is 0 Å². The Morgan fingerprint density at radius 3 is 2.28 bits per heavy atom. The highest BCUT2D eigenvalue weighted by Gasteiger charge is 2.30. The average molecular weight is 256 g/mol. The molecule has 7 heteroatoms. The zero-order chi connectivity index (χ0) is 13.8. The number of aliphatic hydroxyl groups is 3. The molecule has 1 aromatic carbocycles. The molecule has 100 valence electrons. The molecule has 0 atom stereocenters. The summed E-state index contributed by atoms with van der Waals surface area (Å²) in [5.74, 6) is -0.850. The predicted octanol–water partition coefficient (Wildman–Crippen LogP) is -1.58. The first kappa shape index (κ1) is 14.2. The molecule has 7 N–H and O–H groups in total. The Kier molecular flexibility index (Phi) is 4.49. The lowest BCUT2D eigenvalue weighted by Crippen LogP contribution is -2.57. The lowest BCUT2D eigenvalue weighted by molar-refractivity contribution is 0.0375. The van der Waals surface area contributed by atoms with Crippen LogP contribution in [0.25, 0.3) is 0 Å². The third-order valence-electron chi connectivity index (χ3n) is 2.57. The summed E-state index contributed by atoms with van der Waals surface area (Å²) in [4.78, 5) is 11.9. The first-order chi connectivity index (χ1) is 8.48. The van der Waals surface area contributed by atoms with E-state index in [0.717, 1.165) is 6.07 Å². The van der Waals surface area contributed by atoms with E-state index in [1.165, 1.54) is 12.1 Å². The number of hydrogen-bond donors (Lipinski definition) is 6. The highest BCUT2D eigenvalue weighted by Crippen LogP contribution is 2.19. The number of hydrogen-bond acceptors (Lipinski definition) is 6. The van der Waals surface area contributed by atoms with Crippen LogP contribution in [-0.2, 0) is 0 Å². The smallest absolute Gasteiger partial charge is 0.254 e. The number of carbonyl (C=O) groups is 1. The van der Waals surface area contributed by atoms with Gasteiger partial charge in [0.25, 0.3) is 5.91 Å². The van der Waals surface area contributed by atoms with Gasteiger partial charge in [-0.05, 0) is 18.2 Å². The van der Waals surface area contributed by atoms with Crippen molar-refractivity contribution in [3.63, 3.8) is 0 Å². The highest BCUT2D eigenvalue weighted by molar-refractivity contribution is 6.00. The van der Waals surface area contributed by atoms with Gasteiger partial charge in [-0.1, -0.05) is 0 Å². The van der Waals surface area contributed by atoms with E-state index in [1.807, 2.05) is 0 Å². The lowest BCUT2D eigenvalue weighted by Gasteiger charge is -2.28. The van der Waals surface area contributed by atoms with Gasteiger partial charge >= 0.3 is 0 Å². The van der Waals surface area contributed by atoms with Crippen LogP contribution in [0.2, 0.25) is 0 Å². The Morgan fingerprint density at radius 1 is 1.22 bits per heavy atom. The number of benzene rings is 1. The molecule has 0 aliphatic carbocycles. The summed E-state index contributed by atoms with van der Waals surface area (Å²) in [6.45, 7) is -1.90. The van der Waals surface area contributed by atoms with Crippen molar-refractivity contribution in [1.29, 1.82) is 0 Å². The maximum atomic E-state index is 11.9. The number of amides is 1. The molecule has 0 fully saturated rings. The van der Waals surface area contributed by atoms with Gasteiger partial charge in [0.2, 0.25) is 0 Å². The standard InChI is InChI=1S/C11H16N2O5/c12-9-2-1-7(17)3-8(9)10(18)13-11(4-14,5-15)6-16/h1-3,14-17H,4-6,12H2,(H,13,18). The van der Waals surface area contributed by atoms with Crippen molar-refractivity contribution < 1.29 is 25.2 Å². The van der Waals surface area contributed by atoms with E-state index in [9.17, 15) is 9.90 Å². The van der Waals surface area contributed by atoms with Crippen molar-refractivity contribution in [2.45, 2.75) is 5.54 Å². The number of carbonyl (C=O) groups excluding carboxylic acids is 1. The van der Waals surface area contributed by atoms with Crippen LogP contribution in [0.4, 0.5) is 5.69 Å².